The molecule has 1 nitrogen and oxygen atoms in total. The number of hydrogen-bond donors (Lipinski definition) is 1. The monoisotopic (exact) mass is 229 g/mol. The summed E-state index contributed by atoms with van der Waals surface area (Å²) in [6.45, 7) is 0. The van der Waals surface area contributed by atoms with E-state index in [4.69, 9.17) is 0 Å². The van der Waals surface area contributed by atoms with Gasteiger partial charge in [-0.15, -0.1) is 11.8 Å². The second-order valence-electron chi connectivity index (χ2n) is 3.55. The fourth-order valence-electron chi connectivity index (χ4n) is 1.46. The van der Waals surface area contributed by atoms with Gasteiger partial charge in [0.2, 0.25) is 0 Å². The molecular formula is C14H15NS. The van der Waals surface area contributed by atoms with Crippen LogP contribution in [0.3, 0.4) is 0 Å². The Morgan fingerprint density at radius 2 is 1.62 bits per heavy atom. The maximum Gasteiger partial charge on any atom is 0.0338 e. The van der Waals surface area contributed by atoms with Gasteiger partial charge < -0.3 is 5.32 Å². The van der Waals surface area contributed by atoms with E-state index in [1.165, 1.54) is 10.5 Å². The van der Waals surface area contributed by atoms with E-state index >= 15 is 0 Å². The molecule has 0 spiro atoms. The third-order valence-electron chi connectivity index (χ3n) is 2.39. The summed E-state index contributed by atoms with van der Waals surface area (Å²) in [5.41, 5.74) is 2.52. The molecular weight excluding hydrogens is 214 g/mol. The summed E-state index contributed by atoms with van der Waals surface area (Å²) in [5.74, 6) is 1.03. The van der Waals surface area contributed by atoms with Crippen LogP contribution >= 0.6 is 11.8 Å². The first-order chi connectivity index (χ1) is 7.88. The zero-order chi connectivity index (χ0) is 11.2. The molecule has 0 aromatic heterocycles. The average Bonchev–Trinajstić information content (AvgIpc) is 2.38. The fourth-order valence-corrected chi connectivity index (χ4v) is 2.31. The van der Waals surface area contributed by atoms with Crippen molar-refractivity contribution in [1.82, 2.24) is 0 Å². The van der Waals surface area contributed by atoms with Crippen LogP contribution in [-0.2, 0) is 5.75 Å². The molecule has 1 N–H and O–H groups in total. The Kier molecular flexibility index (Phi) is 3.89. The Balaban J connectivity index is 1.94. The number of anilines is 1. The highest BCUT2D eigenvalue weighted by molar-refractivity contribution is 7.98. The van der Waals surface area contributed by atoms with Gasteiger partial charge in [0.15, 0.2) is 0 Å². The predicted octanol–water partition coefficient (Wildman–Crippen LogP) is 4.02. The summed E-state index contributed by atoms with van der Waals surface area (Å²) in [6, 6.07) is 19.1. The van der Waals surface area contributed by atoms with Gasteiger partial charge in [-0.1, -0.05) is 30.3 Å². The van der Waals surface area contributed by atoms with E-state index in [1.807, 2.05) is 18.8 Å². The molecule has 0 atom stereocenters. The zero-order valence-corrected chi connectivity index (χ0v) is 10.1. The van der Waals surface area contributed by atoms with Crippen LogP contribution in [0.5, 0.6) is 0 Å². The predicted molar refractivity (Wildman–Crippen MR) is 72.0 cm³/mol. The molecule has 0 aliphatic heterocycles. The van der Waals surface area contributed by atoms with Crippen molar-refractivity contribution >= 4 is 17.4 Å². The molecule has 16 heavy (non-hydrogen) atoms. The molecule has 82 valence electrons. The third-order valence-corrected chi connectivity index (χ3v) is 3.47. The van der Waals surface area contributed by atoms with Gasteiger partial charge in [-0.3, -0.25) is 0 Å². The molecule has 0 aliphatic rings. The first-order valence-corrected chi connectivity index (χ1v) is 6.31. The van der Waals surface area contributed by atoms with Gasteiger partial charge in [-0.25, -0.2) is 0 Å². The second-order valence-corrected chi connectivity index (χ2v) is 4.60. The van der Waals surface area contributed by atoms with Crippen LogP contribution < -0.4 is 5.32 Å². The third kappa shape index (κ3) is 3.04. The number of benzene rings is 2. The van der Waals surface area contributed by atoms with Crippen molar-refractivity contribution in [3.05, 3.63) is 60.2 Å². The van der Waals surface area contributed by atoms with Gasteiger partial charge in [0.25, 0.3) is 0 Å². The molecule has 2 aromatic carbocycles. The quantitative estimate of drug-likeness (QED) is 0.795. The minimum absolute atomic E-state index is 1.03. The molecule has 0 amide bonds. The van der Waals surface area contributed by atoms with Gasteiger partial charge in [0, 0.05) is 23.4 Å². The van der Waals surface area contributed by atoms with Crippen molar-refractivity contribution in [2.75, 3.05) is 12.4 Å². The summed E-state index contributed by atoms with van der Waals surface area (Å²) in [7, 11) is 1.94. The highest BCUT2D eigenvalue weighted by atomic mass is 32.2. The maximum atomic E-state index is 3.12. The molecule has 0 radical (unpaired) electrons. The second kappa shape index (κ2) is 5.61. The molecule has 0 saturated carbocycles. The van der Waals surface area contributed by atoms with Gasteiger partial charge >= 0.3 is 0 Å². The van der Waals surface area contributed by atoms with Crippen LogP contribution in [0.4, 0.5) is 5.69 Å². The largest absolute Gasteiger partial charge is 0.388 e. The molecule has 0 unspecified atom stereocenters. The highest BCUT2D eigenvalue weighted by Gasteiger charge is 1.95. The van der Waals surface area contributed by atoms with E-state index in [-0.39, 0.29) is 0 Å². The Morgan fingerprint density at radius 1 is 0.938 bits per heavy atom. The minimum Gasteiger partial charge on any atom is -0.388 e. The lowest BCUT2D eigenvalue weighted by atomic mass is 10.2. The van der Waals surface area contributed by atoms with E-state index in [0.29, 0.717) is 0 Å². The lowest BCUT2D eigenvalue weighted by Gasteiger charge is -2.03. The smallest absolute Gasteiger partial charge is 0.0338 e. The van der Waals surface area contributed by atoms with Gasteiger partial charge in [0.1, 0.15) is 0 Å². The summed E-state index contributed by atoms with van der Waals surface area (Å²) in [6.07, 6.45) is 0. The van der Waals surface area contributed by atoms with Gasteiger partial charge in [-0.05, 0) is 29.8 Å². The van der Waals surface area contributed by atoms with Crippen molar-refractivity contribution in [2.24, 2.45) is 0 Å². The van der Waals surface area contributed by atoms with E-state index in [9.17, 15) is 0 Å². The van der Waals surface area contributed by atoms with Crippen LogP contribution in [0, 0.1) is 0 Å². The minimum atomic E-state index is 1.03. The molecule has 2 aromatic rings. The Morgan fingerprint density at radius 3 is 2.25 bits per heavy atom. The molecule has 0 saturated heterocycles. The molecule has 0 bridgehead atoms. The number of hydrogen-bond acceptors (Lipinski definition) is 2. The van der Waals surface area contributed by atoms with E-state index in [0.717, 1.165) is 11.4 Å². The maximum absolute atomic E-state index is 3.12. The molecule has 0 fully saturated rings. The van der Waals surface area contributed by atoms with Crippen LogP contribution in [0.2, 0.25) is 0 Å². The lowest BCUT2D eigenvalue weighted by Crippen LogP contribution is -1.86. The van der Waals surface area contributed by atoms with Crippen LogP contribution in [0.1, 0.15) is 5.56 Å². The summed E-state index contributed by atoms with van der Waals surface area (Å²) < 4.78 is 0. The summed E-state index contributed by atoms with van der Waals surface area (Å²) in [5, 5.41) is 3.12. The van der Waals surface area contributed by atoms with Crippen LogP contribution in [-0.4, -0.2) is 7.05 Å². The summed E-state index contributed by atoms with van der Waals surface area (Å²) in [4.78, 5) is 1.31. The first-order valence-electron chi connectivity index (χ1n) is 5.33. The van der Waals surface area contributed by atoms with Crippen molar-refractivity contribution in [1.29, 1.82) is 0 Å². The molecule has 2 heteroatoms. The Bertz CT molecular complexity index is 422. The standard InChI is InChI=1S/C14H15NS/c1-15-13-7-9-14(10-8-13)16-11-12-5-3-2-4-6-12/h2-10,15H,11H2,1H3. The van der Waals surface area contributed by atoms with E-state index in [2.05, 4.69) is 59.9 Å². The SMILES string of the molecule is CNc1ccc(SCc2ccccc2)cc1. The number of nitrogens with one attached hydrogen (secondary N) is 1. The highest BCUT2D eigenvalue weighted by Crippen LogP contribution is 2.23. The summed E-state index contributed by atoms with van der Waals surface area (Å²) >= 11 is 1.86. The van der Waals surface area contributed by atoms with Crippen molar-refractivity contribution in [3.63, 3.8) is 0 Å². The van der Waals surface area contributed by atoms with Crippen molar-refractivity contribution < 1.29 is 0 Å². The van der Waals surface area contributed by atoms with Crippen molar-refractivity contribution in [3.8, 4) is 0 Å². The normalized spacial score (nSPS) is 10.1. The van der Waals surface area contributed by atoms with Gasteiger partial charge in [-0.2, -0.15) is 0 Å². The topological polar surface area (TPSA) is 12.0 Å². The number of rotatable bonds is 4. The average molecular weight is 229 g/mol. The molecule has 2 rings (SSSR count). The molecule has 0 heterocycles. The number of thioether (sulfide) groups is 1. The Hall–Kier alpha value is -1.41. The van der Waals surface area contributed by atoms with E-state index < -0.39 is 0 Å². The fraction of sp³-hybridized carbons (Fsp3) is 0.143. The van der Waals surface area contributed by atoms with Crippen LogP contribution in [0.25, 0.3) is 0 Å². The lowest BCUT2D eigenvalue weighted by molar-refractivity contribution is 1.37. The van der Waals surface area contributed by atoms with Gasteiger partial charge in [0.05, 0.1) is 0 Å². The van der Waals surface area contributed by atoms with Crippen LogP contribution in [0.15, 0.2) is 59.5 Å². The van der Waals surface area contributed by atoms with Crippen molar-refractivity contribution in [2.45, 2.75) is 10.6 Å². The van der Waals surface area contributed by atoms with E-state index in [1.54, 1.807) is 0 Å². The first kappa shape index (κ1) is 11.1. The molecule has 0 aliphatic carbocycles. The Labute approximate surface area is 101 Å². The zero-order valence-electron chi connectivity index (χ0n) is 9.31.